The molecular formula is C10H18O4. The maximum Gasteiger partial charge on any atom is 0.154 e. The van der Waals surface area contributed by atoms with Gasteiger partial charge in [-0.25, -0.2) is 0 Å². The highest BCUT2D eigenvalue weighted by atomic mass is 16.6. The number of aliphatic hydroxyl groups is 2. The van der Waals surface area contributed by atoms with Gasteiger partial charge in [0.15, 0.2) is 6.29 Å². The zero-order valence-electron chi connectivity index (χ0n) is 8.26. The van der Waals surface area contributed by atoms with E-state index < -0.39 is 6.29 Å². The van der Waals surface area contributed by atoms with Crippen LogP contribution in [0.5, 0.6) is 0 Å². The van der Waals surface area contributed by atoms with Gasteiger partial charge in [-0.1, -0.05) is 6.42 Å². The fourth-order valence-electron chi connectivity index (χ4n) is 1.77. The molecule has 2 saturated heterocycles. The summed E-state index contributed by atoms with van der Waals surface area (Å²) in [6.07, 6.45) is 3.23. The Morgan fingerprint density at radius 2 is 1.79 bits per heavy atom. The lowest BCUT2D eigenvalue weighted by atomic mass is 9.96. The lowest BCUT2D eigenvalue weighted by Crippen LogP contribution is -2.21. The van der Waals surface area contributed by atoms with E-state index in [1.165, 1.54) is 0 Å². The molecule has 82 valence electrons. The maximum atomic E-state index is 9.14. The summed E-state index contributed by atoms with van der Waals surface area (Å²) in [4.78, 5) is 0. The second-order valence-corrected chi connectivity index (χ2v) is 4.25. The second kappa shape index (κ2) is 4.57. The van der Waals surface area contributed by atoms with Crippen LogP contribution in [0, 0.1) is 5.92 Å². The largest absolute Gasteiger partial charge is 0.373 e. The van der Waals surface area contributed by atoms with Crippen LogP contribution in [-0.4, -0.2) is 41.9 Å². The quantitative estimate of drug-likeness (QED) is 0.459. The summed E-state index contributed by atoms with van der Waals surface area (Å²) in [5.41, 5.74) is 0. The van der Waals surface area contributed by atoms with Gasteiger partial charge in [-0.15, -0.1) is 0 Å². The SMILES string of the molecule is OC(O)C(CCCC1CO1)CC1CO1. The van der Waals surface area contributed by atoms with Crippen LogP contribution >= 0.6 is 0 Å². The Kier molecular flexibility index (Phi) is 3.38. The van der Waals surface area contributed by atoms with E-state index in [-0.39, 0.29) is 12.0 Å². The van der Waals surface area contributed by atoms with E-state index in [2.05, 4.69) is 0 Å². The van der Waals surface area contributed by atoms with Crippen molar-refractivity contribution in [1.82, 2.24) is 0 Å². The average Bonchev–Trinajstić information content (AvgIpc) is 2.98. The van der Waals surface area contributed by atoms with Crippen LogP contribution in [0.2, 0.25) is 0 Å². The van der Waals surface area contributed by atoms with Crippen LogP contribution in [-0.2, 0) is 9.47 Å². The molecule has 0 bridgehead atoms. The lowest BCUT2D eigenvalue weighted by Gasteiger charge is -2.17. The highest BCUT2D eigenvalue weighted by Gasteiger charge is 2.30. The molecule has 3 atom stereocenters. The van der Waals surface area contributed by atoms with Gasteiger partial charge in [-0.3, -0.25) is 0 Å². The minimum Gasteiger partial charge on any atom is -0.373 e. The highest BCUT2D eigenvalue weighted by Crippen LogP contribution is 2.26. The van der Waals surface area contributed by atoms with Crippen molar-refractivity contribution in [2.75, 3.05) is 13.2 Å². The van der Waals surface area contributed by atoms with E-state index in [0.717, 1.165) is 38.9 Å². The normalized spacial score (nSPS) is 31.9. The Hall–Kier alpha value is -0.160. The summed E-state index contributed by atoms with van der Waals surface area (Å²) in [5, 5.41) is 18.3. The summed E-state index contributed by atoms with van der Waals surface area (Å²) in [6, 6.07) is 0. The standard InChI is InChI=1S/C10H18O4/c11-10(12)7(4-9-6-14-9)2-1-3-8-5-13-8/h7-12H,1-6H2. The number of epoxide rings is 2. The molecule has 4 heteroatoms. The molecule has 2 aliphatic heterocycles. The summed E-state index contributed by atoms with van der Waals surface area (Å²) in [7, 11) is 0. The third kappa shape index (κ3) is 3.53. The van der Waals surface area contributed by atoms with Gasteiger partial charge in [-0.05, 0) is 19.3 Å². The molecular weight excluding hydrogens is 184 g/mol. The van der Waals surface area contributed by atoms with Gasteiger partial charge >= 0.3 is 0 Å². The first kappa shape index (κ1) is 10.4. The first-order chi connectivity index (χ1) is 6.75. The number of rotatable bonds is 7. The Morgan fingerprint density at radius 3 is 2.29 bits per heavy atom. The van der Waals surface area contributed by atoms with Crippen LogP contribution in [0.4, 0.5) is 0 Å². The molecule has 0 aromatic carbocycles. The molecule has 2 rings (SSSR count). The van der Waals surface area contributed by atoms with Gasteiger partial charge in [0.1, 0.15) is 0 Å². The van der Waals surface area contributed by atoms with Crippen molar-refractivity contribution in [3.8, 4) is 0 Å². The van der Waals surface area contributed by atoms with E-state index in [0.29, 0.717) is 6.10 Å². The number of ether oxygens (including phenoxy) is 2. The lowest BCUT2D eigenvalue weighted by molar-refractivity contribution is -0.0900. The molecule has 2 heterocycles. The molecule has 2 N–H and O–H groups in total. The first-order valence-corrected chi connectivity index (χ1v) is 5.35. The molecule has 2 fully saturated rings. The van der Waals surface area contributed by atoms with Crippen LogP contribution < -0.4 is 0 Å². The molecule has 0 radical (unpaired) electrons. The Balaban J connectivity index is 1.60. The molecule has 0 aromatic rings. The van der Waals surface area contributed by atoms with E-state index in [1.54, 1.807) is 0 Å². The van der Waals surface area contributed by atoms with Gasteiger partial charge in [0.25, 0.3) is 0 Å². The average molecular weight is 202 g/mol. The number of aliphatic hydroxyl groups excluding tert-OH is 1. The van der Waals surface area contributed by atoms with Crippen molar-refractivity contribution >= 4 is 0 Å². The molecule has 0 aromatic heterocycles. The summed E-state index contributed by atoms with van der Waals surface area (Å²) < 4.78 is 10.2. The van der Waals surface area contributed by atoms with Crippen molar-refractivity contribution in [2.24, 2.45) is 5.92 Å². The third-order valence-electron chi connectivity index (χ3n) is 2.89. The molecule has 4 nitrogen and oxygen atoms in total. The van der Waals surface area contributed by atoms with E-state index in [1.807, 2.05) is 0 Å². The number of hydrogen-bond acceptors (Lipinski definition) is 4. The molecule has 14 heavy (non-hydrogen) atoms. The van der Waals surface area contributed by atoms with Crippen LogP contribution in [0.25, 0.3) is 0 Å². The maximum absolute atomic E-state index is 9.14. The van der Waals surface area contributed by atoms with E-state index in [9.17, 15) is 0 Å². The summed E-state index contributed by atoms with van der Waals surface area (Å²) in [6.45, 7) is 1.67. The van der Waals surface area contributed by atoms with Gasteiger partial charge in [0, 0.05) is 5.92 Å². The fourth-order valence-corrected chi connectivity index (χ4v) is 1.77. The second-order valence-electron chi connectivity index (χ2n) is 4.25. The highest BCUT2D eigenvalue weighted by molar-refractivity contribution is 4.76. The molecule has 0 saturated carbocycles. The zero-order valence-corrected chi connectivity index (χ0v) is 8.26. The van der Waals surface area contributed by atoms with Crippen molar-refractivity contribution in [3.05, 3.63) is 0 Å². The van der Waals surface area contributed by atoms with E-state index in [4.69, 9.17) is 19.7 Å². The van der Waals surface area contributed by atoms with Crippen molar-refractivity contribution in [1.29, 1.82) is 0 Å². The molecule has 0 spiro atoms. The fraction of sp³-hybridized carbons (Fsp3) is 1.00. The minimum atomic E-state index is -1.20. The van der Waals surface area contributed by atoms with Crippen LogP contribution in [0.3, 0.4) is 0 Å². The Bertz CT molecular complexity index is 175. The minimum absolute atomic E-state index is 0.0266. The predicted octanol–water partition coefficient (Wildman–Crippen LogP) is 0.271. The van der Waals surface area contributed by atoms with Gasteiger partial charge in [0.2, 0.25) is 0 Å². The van der Waals surface area contributed by atoms with Crippen LogP contribution in [0.1, 0.15) is 25.7 Å². The summed E-state index contributed by atoms with van der Waals surface area (Å²) in [5.74, 6) is -0.0266. The Labute approximate surface area is 83.8 Å². The van der Waals surface area contributed by atoms with E-state index >= 15 is 0 Å². The number of hydrogen-bond donors (Lipinski definition) is 2. The van der Waals surface area contributed by atoms with Crippen molar-refractivity contribution in [3.63, 3.8) is 0 Å². The third-order valence-corrected chi connectivity index (χ3v) is 2.89. The monoisotopic (exact) mass is 202 g/mol. The first-order valence-electron chi connectivity index (χ1n) is 5.35. The van der Waals surface area contributed by atoms with Crippen molar-refractivity contribution < 1.29 is 19.7 Å². The molecule has 3 unspecified atom stereocenters. The predicted molar refractivity (Wildman–Crippen MR) is 49.7 cm³/mol. The molecule has 0 aliphatic carbocycles. The molecule has 0 amide bonds. The topological polar surface area (TPSA) is 65.5 Å². The summed E-state index contributed by atoms with van der Waals surface area (Å²) >= 11 is 0. The van der Waals surface area contributed by atoms with Crippen molar-refractivity contribution in [2.45, 2.75) is 44.2 Å². The molecule has 2 aliphatic rings. The zero-order chi connectivity index (χ0) is 9.97. The van der Waals surface area contributed by atoms with Crippen LogP contribution in [0.15, 0.2) is 0 Å². The van der Waals surface area contributed by atoms with Gasteiger partial charge in [-0.2, -0.15) is 0 Å². The van der Waals surface area contributed by atoms with Gasteiger partial charge < -0.3 is 19.7 Å². The smallest absolute Gasteiger partial charge is 0.154 e. The van der Waals surface area contributed by atoms with Gasteiger partial charge in [0.05, 0.1) is 25.4 Å². The Morgan fingerprint density at radius 1 is 1.14 bits per heavy atom.